The van der Waals surface area contributed by atoms with Crippen molar-refractivity contribution in [1.82, 2.24) is 4.90 Å². The van der Waals surface area contributed by atoms with E-state index in [1.165, 1.54) is 51.5 Å². The first kappa shape index (κ1) is 27.2. The molecular formula is C32H53N2O4+. The molecule has 0 aromatic rings. The predicted molar refractivity (Wildman–Crippen MR) is 148 cm³/mol. The van der Waals surface area contributed by atoms with Crippen LogP contribution >= 0.6 is 0 Å². The molecule has 12 atom stereocenters. The number of ether oxygens (including phenoxy) is 2. The Labute approximate surface area is 230 Å². The molecule has 0 spiro atoms. The number of rotatable bonds is 5. The summed E-state index contributed by atoms with van der Waals surface area (Å²) in [5, 5.41) is 11.3. The van der Waals surface area contributed by atoms with Gasteiger partial charge in [-0.25, -0.2) is 0 Å². The van der Waals surface area contributed by atoms with Gasteiger partial charge >= 0.3 is 5.97 Å². The summed E-state index contributed by atoms with van der Waals surface area (Å²) in [4.78, 5) is 16.7. The summed E-state index contributed by atoms with van der Waals surface area (Å²) in [5.74, 6) is 2.57. The Kier molecular flexibility index (Phi) is 7.50. The van der Waals surface area contributed by atoms with Crippen LogP contribution in [0.4, 0.5) is 0 Å². The molecule has 6 heteroatoms. The summed E-state index contributed by atoms with van der Waals surface area (Å²) in [6.07, 6.45) is 13.8. The number of carbonyl (C=O) groups excluding carboxylic acids is 1. The van der Waals surface area contributed by atoms with Crippen LogP contribution < -0.4 is 4.90 Å². The van der Waals surface area contributed by atoms with Crippen LogP contribution in [0, 0.1) is 34.5 Å². The zero-order chi connectivity index (χ0) is 26.7. The van der Waals surface area contributed by atoms with Crippen LogP contribution in [0.3, 0.4) is 0 Å². The highest BCUT2D eigenvalue weighted by atomic mass is 16.5. The molecule has 4 aliphatic carbocycles. The molecule has 6 fully saturated rings. The second kappa shape index (κ2) is 10.5. The van der Waals surface area contributed by atoms with E-state index in [0.717, 1.165) is 45.6 Å². The Morgan fingerprint density at radius 3 is 2.66 bits per heavy atom. The van der Waals surface area contributed by atoms with Gasteiger partial charge < -0.3 is 19.5 Å². The Morgan fingerprint density at radius 2 is 1.92 bits per heavy atom. The molecule has 2 aliphatic heterocycles. The highest BCUT2D eigenvalue weighted by molar-refractivity contribution is 5.66. The monoisotopic (exact) mass is 529 g/mol. The van der Waals surface area contributed by atoms with Gasteiger partial charge in [0.1, 0.15) is 6.04 Å². The molecule has 0 radical (unpaired) electrons. The van der Waals surface area contributed by atoms with Gasteiger partial charge in [0, 0.05) is 57.2 Å². The van der Waals surface area contributed by atoms with Crippen molar-refractivity contribution in [2.45, 2.75) is 115 Å². The number of morpholine rings is 1. The molecule has 4 saturated carbocycles. The van der Waals surface area contributed by atoms with Gasteiger partial charge in [0.15, 0.2) is 6.10 Å². The SMILES string of the molecule is C=CCC1CCC[NH+]1[C@H]1CC2C3CC[C@H]4C[C@H](O)[C@@H](N5CCOCC5)C[C@]4(C)C3CC[C@]2(C)[C@H]1OC(C)=O. The standard InChI is InChI=1S/C32H52N2O4/c1-5-7-23-8-6-13-34(23)27-19-26-24-10-9-22-18-29(36)28(33-14-16-37-17-15-33)20-32(22,4)25(24)11-12-31(26,3)30(27)38-21(2)35/h5,22-30,36H,1,6-20H2,2-4H3/p+1/t22-,23?,24?,25?,26?,27-,28-,29-,30-,31-,32-/m0/s1. The summed E-state index contributed by atoms with van der Waals surface area (Å²) in [7, 11) is 0. The molecule has 214 valence electrons. The summed E-state index contributed by atoms with van der Waals surface area (Å²) in [6.45, 7) is 15.4. The average molecular weight is 530 g/mol. The topological polar surface area (TPSA) is 63.4 Å². The van der Waals surface area contributed by atoms with Crippen LogP contribution in [0.25, 0.3) is 0 Å². The first-order valence-electron chi connectivity index (χ1n) is 15.9. The van der Waals surface area contributed by atoms with Crippen LogP contribution in [-0.4, -0.2) is 79.2 Å². The van der Waals surface area contributed by atoms with Gasteiger partial charge in [-0.2, -0.15) is 0 Å². The number of hydrogen-bond acceptors (Lipinski definition) is 5. The fraction of sp³-hybridized carbons (Fsp3) is 0.906. The van der Waals surface area contributed by atoms with Gasteiger partial charge in [0.05, 0.1) is 31.9 Å². The van der Waals surface area contributed by atoms with Gasteiger partial charge in [-0.1, -0.05) is 19.9 Å². The molecule has 0 amide bonds. The van der Waals surface area contributed by atoms with Gasteiger partial charge in [0.2, 0.25) is 0 Å². The molecule has 6 aliphatic rings. The zero-order valence-electron chi connectivity index (χ0n) is 24.2. The minimum atomic E-state index is -0.207. The van der Waals surface area contributed by atoms with Gasteiger partial charge in [-0.3, -0.25) is 9.69 Å². The van der Waals surface area contributed by atoms with Crippen molar-refractivity contribution in [3.05, 3.63) is 12.7 Å². The third-order valence-corrected chi connectivity index (χ3v) is 12.9. The zero-order valence-corrected chi connectivity index (χ0v) is 24.2. The minimum absolute atomic E-state index is 0.0335. The van der Waals surface area contributed by atoms with E-state index in [-0.39, 0.29) is 35.0 Å². The molecular weight excluding hydrogens is 476 g/mol. The number of esters is 1. The third-order valence-electron chi connectivity index (χ3n) is 12.9. The predicted octanol–water partition coefficient (Wildman–Crippen LogP) is 3.23. The van der Waals surface area contributed by atoms with Crippen molar-refractivity contribution in [1.29, 1.82) is 0 Å². The summed E-state index contributed by atoms with van der Waals surface area (Å²) in [5.41, 5.74) is 0.361. The Balaban J connectivity index is 1.27. The van der Waals surface area contributed by atoms with E-state index in [9.17, 15) is 9.90 Å². The third kappa shape index (κ3) is 4.40. The number of quaternary nitrogens is 1. The number of fused-ring (bicyclic) bond motifs is 5. The minimum Gasteiger partial charge on any atom is -0.456 e. The first-order valence-corrected chi connectivity index (χ1v) is 15.9. The molecule has 6 rings (SSSR count). The van der Waals surface area contributed by atoms with E-state index in [4.69, 9.17) is 9.47 Å². The second-order valence-electron chi connectivity index (χ2n) is 14.5. The lowest BCUT2D eigenvalue weighted by molar-refractivity contribution is -0.939. The van der Waals surface area contributed by atoms with Crippen LogP contribution in [0.15, 0.2) is 12.7 Å². The van der Waals surface area contributed by atoms with Crippen LogP contribution in [0.2, 0.25) is 0 Å². The molecule has 0 aromatic heterocycles. The van der Waals surface area contributed by atoms with Crippen molar-refractivity contribution >= 4 is 5.97 Å². The van der Waals surface area contributed by atoms with E-state index < -0.39 is 0 Å². The quantitative estimate of drug-likeness (QED) is 0.423. The van der Waals surface area contributed by atoms with Crippen molar-refractivity contribution in [2.75, 3.05) is 32.8 Å². The largest absolute Gasteiger partial charge is 0.456 e. The summed E-state index contributed by atoms with van der Waals surface area (Å²) >= 11 is 0. The lowest BCUT2D eigenvalue weighted by Crippen LogP contribution is -3.18. The van der Waals surface area contributed by atoms with E-state index in [1.807, 2.05) is 0 Å². The highest BCUT2D eigenvalue weighted by Crippen LogP contribution is 2.66. The van der Waals surface area contributed by atoms with E-state index in [0.29, 0.717) is 35.8 Å². The molecule has 0 aromatic carbocycles. The van der Waals surface area contributed by atoms with Crippen molar-refractivity contribution in [3.63, 3.8) is 0 Å². The summed E-state index contributed by atoms with van der Waals surface area (Å²) in [6, 6.07) is 1.31. The van der Waals surface area contributed by atoms with Gasteiger partial charge in [-0.05, 0) is 67.6 Å². The molecule has 2 saturated heterocycles. The van der Waals surface area contributed by atoms with Gasteiger partial charge in [0.25, 0.3) is 0 Å². The fourth-order valence-corrected chi connectivity index (χ4v) is 11.2. The molecule has 5 unspecified atom stereocenters. The van der Waals surface area contributed by atoms with Crippen LogP contribution in [0.5, 0.6) is 0 Å². The maximum absolute atomic E-state index is 12.4. The second-order valence-corrected chi connectivity index (χ2v) is 14.5. The fourth-order valence-electron chi connectivity index (χ4n) is 11.2. The van der Waals surface area contributed by atoms with Crippen molar-refractivity contribution < 1.29 is 24.3 Å². The Bertz CT molecular complexity index is 891. The van der Waals surface area contributed by atoms with Gasteiger partial charge in [-0.15, -0.1) is 6.58 Å². The number of carbonyl (C=O) groups is 1. The normalized spacial score (nSPS) is 51.1. The summed E-state index contributed by atoms with van der Waals surface area (Å²) < 4.78 is 12.0. The smallest absolute Gasteiger partial charge is 0.303 e. The molecule has 0 bridgehead atoms. The first-order chi connectivity index (χ1) is 18.3. The highest BCUT2D eigenvalue weighted by Gasteiger charge is 2.66. The number of aliphatic hydroxyl groups is 1. The lowest BCUT2D eigenvalue weighted by atomic mass is 9.44. The van der Waals surface area contributed by atoms with E-state index in [2.05, 4.69) is 31.4 Å². The van der Waals surface area contributed by atoms with Crippen LogP contribution in [0.1, 0.15) is 85.0 Å². The number of likely N-dealkylation sites (tertiary alicyclic amines) is 1. The van der Waals surface area contributed by atoms with E-state index in [1.54, 1.807) is 11.8 Å². The number of nitrogens with zero attached hydrogens (tertiary/aromatic N) is 1. The number of aliphatic hydroxyl groups excluding tert-OH is 1. The molecule has 2 N–H and O–H groups in total. The maximum atomic E-state index is 12.4. The van der Waals surface area contributed by atoms with E-state index >= 15 is 0 Å². The molecule has 6 nitrogen and oxygen atoms in total. The Hall–Kier alpha value is -0.950. The molecule has 38 heavy (non-hydrogen) atoms. The average Bonchev–Trinajstić information content (AvgIpc) is 3.46. The van der Waals surface area contributed by atoms with Crippen molar-refractivity contribution in [2.24, 2.45) is 34.5 Å². The van der Waals surface area contributed by atoms with Crippen LogP contribution in [-0.2, 0) is 14.3 Å². The number of hydrogen-bond donors (Lipinski definition) is 2. The molecule has 2 heterocycles. The lowest BCUT2D eigenvalue weighted by Gasteiger charge is -2.62. The number of nitrogens with one attached hydrogen (secondary N) is 1. The van der Waals surface area contributed by atoms with Crippen molar-refractivity contribution in [3.8, 4) is 0 Å². The maximum Gasteiger partial charge on any atom is 0.303 e. The Morgan fingerprint density at radius 1 is 1.13 bits per heavy atom.